The number of carbonyl (C=O) groups excluding carboxylic acids is 1. The Morgan fingerprint density at radius 3 is 2.90 bits per heavy atom. The first-order valence-corrected chi connectivity index (χ1v) is 6.74. The van der Waals surface area contributed by atoms with Crippen LogP contribution in [-0.2, 0) is 11.2 Å². The van der Waals surface area contributed by atoms with Gasteiger partial charge in [-0.15, -0.1) is 0 Å². The molecule has 1 aliphatic rings. The van der Waals surface area contributed by atoms with E-state index in [2.05, 4.69) is 5.32 Å². The Bertz CT molecular complexity index is 479. The first-order valence-electron chi connectivity index (χ1n) is 6.74. The van der Waals surface area contributed by atoms with Gasteiger partial charge in [0.2, 0.25) is 12.7 Å². The molecule has 1 aromatic carbocycles. The SMILES string of the molecule is CC(Cc1ccc2c(c1)OCO2)NC(=O)C(N)CCN. The molecule has 110 valence electrons. The van der Waals surface area contributed by atoms with Gasteiger partial charge in [-0.05, 0) is 44.0 Å². The highest BCUT2D eigenvalue weighted by atomic mass is 16.7. The van der Waals surface area contributed by atoms with E-state index in [1.165, 1.54) is 0 Å². The van der Waals surface area contributed by atoms with Gasteiger partial charge in [-0.2, -0.15) is 0 Å². The van der Waals surface area contributed by atoms with Gasteiger partial charge in [-0.1, -0.05) is 6.07 Å². The summed E-state index contributed by atoms with van der Waals surface area (Å²) < 4.78 is 10.6. The van der Waals surface area contributed by atoms with E-state index in [-0.39, 0.29) is 18.7 Å². The summed E-state index contributed by atoms with van der Waals surface area (Å²) in [6, 6.07) is 5.23. The molecule has 1 aromatic rings. The van der Waals surface area contributed by atoms with Crippen molar-refractivity contribution in [1.82, 2.24) is 5.32 Å². The average Bonchev–Trinajstić information content (AvgIpc) is 2.86. The van der Waals surface area contributed by atoms with E-state index >= 15 is 0 Å². The van der Waals surface area contributed by atoms with Crippen LogP contribution in [0.25, 0.3) is 0 Å². The van der Waals surface area contributed by atoms with Gasteiger partial charge in [0.15, 0.2) is 11.5 Å². The number of nitrogens with one attached hydrogen (secondary N) is 1. The lowest BCUT2D eigenvalue weighted by Crippen LogP contribution is -2.45. The summed E-state index contributed by atoms with van der Waals surface area (Å²) >= 11 is 0. The maximum absolute atomic E-state index is 11.8. The van der Waals surface area contributed by atoms with E-state index in [0.29, 0.717) is 19.4 Å². The Labute approximate surface area is 118 Å². The molecule has 5 N–H and O–H groups in total. The molecule has 1 aliphatic heterocycles. The third kappa shape index (κ3) is 3.61. The number of ether oxygens (including phenoxy) is 2. The topological polar surface area (TPSA) is 99.6 Å². The van der Waals surface area contributed by atoms with Gasteiger partial charge in [0.25, 0.3) is 0 Å². The number of fused-ring (bicyclic) bond motifs is 1. The van der Waals surface area contributed by atoms with Crippen LogP contribution in [0, 0.1) is 0 Å². The Kier molecular flexibility index (Phi) is 4.81. The molecule has 1 amide bonds. The minimum Gasteiger partial charge on any atom is -0.454 e. The van der Waals surface area contributed by atoms with E-state index in [1.807, 2.05) is 25.1 Å². The molecular weight excluding hydrogens is 258 g/mol. The van der Waals surface area contributed by atoms with Crippen molar-refractivity contribution < 1.29 is 14.3 Å². The van der Waals surface area contributed by atoms with E-state index in [0.717, 1.165) is 17.1 Å². The van der Waals surface area contributed by atoms with Crippen molar-refractivity contribution in [2.45, 2.75) is 31.8 Å². The van der Waals surface area contributed by atoms with E-state index in [4.69, 9.17) is 20.9 Å². The minimum absolute atomic E-state index is 0.00769. The lowest BCUT2D eigenvalue weighted by atomic mass is 10.1. The van der Waals surface area contributed by atoms with Crippen LogP contribution in [-0.4, -0.2) is 31.3 Å². The predicted molar refractivity (Wildman–Crippen MR) is 75.5 cm³/mol. The normalized spacial score (nSPS) is 15.8. The van der Waals surface area contributed by atoms with Crippen molar-refractivity contribution in [3.05, 3.63) is 23.8 Å². The number of carbonyl (C=O) groups is 1. The van der Waals surface area contributed by atoms with Crippen molar-refractivity contribution >= 4 is 5.91 Å². The molecule has 6 heteroatoms. The van der Waals surface area contributed by atoms with Crippen LogP contribution in [0.15, 0.2) is 18.2 Å². The number of benzene rings is 1. The van der Waals surface area contributed by atoms with Crippen molar-refractivity contribution in [1.29, 1.82) is 0 Å². The molecule has 1 heterocycles. The number of rotatable bonds is 6. The highest BCUT2D eigenvalue weighted by Crippen LogP contribution is 2.32. The molecule has 6 nitrogen and oxygen atoms in total. The van der Waals surface area contributed by atoms with Gasteiger partial charge in [0, 0.05) is 6.04 Å². The van der Waals surface area contributed by atoms with Crippen LogP contribution in [0.2, 0.25) is 0 Å². The molecule has 0 fully saturated rings. The van der Waals surface area contributed by atoms with Crippen LogP contribution < -0.4 is 26.3 Å². The van der Waals surface area contributed by atoms with Gasteiger partial charge >= 0.3 is 0 Å². The summed E-state index contributed by atoms with van der Waals surface area (Å²) in [4.78, 5) is 11.8. The fourth-order valence-corrected chi connectivity index (χ4v) is 2.13. The molecule has 2 atom stereocenters. The Hall–Kier alpha value is -1.79. The van der Waals surface area contributed by atoms with Crippen LogP contribution in [0.5, 0.6) is 11.5 Å². The molecule has 0 saturated heterocycles. The van der Waals surface area contributed by atoms with Crippen molar-refractivity contribution in [2.24, 2.45) is 11.5 Å². The van der Waals surface area contributed by atoms with Crippen LogP contribution in [0.4, 0.5) is 0 Å². The summed E-state index contributed by atoms with van der Waals surface area (Å²) in [5.41, 5.74) is 12.2. The average molecular weight is 279 g/mol. The number of amides is 1. The lowest BCUT2D eigenvalue weighted by Gasteiger charge is -2.17. The zero-order valence-electron chi connectivity index (χ0n) is 11.6. The Morgan fingerprint density at radius 1 is 1.40 bits per heavy atom. The highest BCUT2D eigenvalue weighted by molar-refractivity contribution is 5.81. The van der Waals surface area contributed by atoms with E-state index in [9.17, 15) is 4.79 Å². The van der Waals surface area contributed by atoms with E-state index < -0.39 is 6.04 Å². The molecule has 2 rings (SSSR count). The monoisotopic (exact) mass is 279 g/mol. The van der Waals surface area contributed by atoms with E-state index in [1.54, 1.807) is 0 Å². The fraction of sp³-hybridized carbons (Fsp3) is 0.500. The van der Waals surface area contributed by atoms with Crippen LogP contribution in [0.3, 0.4) is 0 Å². The van der Waals surface area contributed by atoms with Crippen molar-refractivity contribution in [2.75, 3.05) is 13.3 Å². The fourth-order valence-electron chi connectivity index (χ4n) is 2.13. The molecule has 0 bridgehead atoms. The molecule has 0 aliphatic carbocycles. The molecule has 0 saturated carbocycles. The minimum atomic E-state index is -0.542. The second-order valence-electron chi connectivity index (χ2n) is 4.99. The molecule has 0 aromatic heterocycles. The first-order chi connectivity index (χ1) is 9.60. The third-order valence-corrected chi connectivity index (χ3v) is 3.18. The first kappa shape index (κ1) is 14.6. The summed E-state index contributed by atoms with van der Waals surface area (Å²) in [7, 11) is 0. The Balaban J connectivity index is 1.88. The summed E-state index contributed by atoms with van der Waals surface area (Å²) in [5, 5.41) is 2.89. The smallest absolute Gasteiger partial charge is 0.237 e. The molecule has 20 heavy (non-hydrogen) atoms. The van der Waals surface area contributed by atoms with Gasteiger partial charge in [0.05, 0.1) is 6.04 Å². The highest BCUT2D eigenvalue weighted by Gasteiger charge is 2.17. The summed E-state index contributed by atoms with van der Waals surface area (Å²) in [5.74, 6) is 1.35. The quantitative estimate of drug-likeness (QED) is 0.688. The maximum atomic E-state index is 11.8. The molecular formula is C14H21N3O3. The summed E-state index contributed by atoms with van der Waals surface area (Å²) in [6.45, 7) is 2.61. The largest absolute Gasteiger partial charge is 0.454 e. The summed E-state index contributed by atoms with van der Waals surface area (Å²) in [6.07, 6.45) is 1.19. The Morgan fingerprint density at radius 2 is 2.15 bits per heavy atom. The molecule has 0 radical (unpaired) electrons. The number of hydrogen-bond donors (Lipinski definition) is 3. The maximum Gasteiger partial charge on any atom is 0.237 e. The van der Waals surface area contributed by atoms with Crippen molar-refractivity contribution in [3.63, 3.8) is 0 Å². The van der Waals surface area contributed by atoms with Gasteiger partial charge in [-0.3, -0.25) is 4.79 Å². The molecule has 2 unspecified atom stereocenters. The lowest BCUT2D eigenvalue weighted by molar-refractivity contribution is -0.123. The van der Waals surface area contributed by atoms with Gasteiger partial charge in [-0.25, -0.2) is 0 Å². The van der Waals surface area contributed by atoms with Gasteiger partial charge < -0.3 is 26.3 Å². The van der Waals surface area contributed by atoms with Crippen LogP contribution >= 0.6 is 0 Å². The van der Waals surface area contributed by atoms with Crippen LogP contribution in [0.1, 0.15) is 18.9 Å². The second kappa shape index (κ2) is 6.58. The molecule has 0 spiro atoms. The number of hydrogen-bond acceptors (Lipinski definition) is 5. The van der Waals surface area contributed by atoms with Crippen molar-refractivity contribution in [3.8, 4) is 11.5 Å². The number of nitrogens with two attached hydrogens (primary N) is 2. The standard InChI is InChI=1S/C14H21N3O3/c1-9(17-14(18)11(16)4-5-15)6-10-2-3-12-13(7-10)20-8-19-12/h2-3,7,9,11H,4-6,8,15-16H2,1H3,(H,17,18). The van der Waals surface area contributed by atoms with Gasteiger partial charge in [0.1, 0.15) is 0 Å². The third-order valence-electron chi connectivity index (χ3n) is 3.18. The zero-order chi connectivity index (χ0) is 14.5. The second-order valence-corrected chi connectivity index (χ2v) is 4.99. The zero-order valence-corrected chi connectivity index (χ0v) is 11.6. The predicted octanol–water partition coefficient (Wildman–Crippen LogP) is 0.139.